The van der Waals surface area contributed by atoms with Gasteiger partial charge in [-0.3, -0.25) is 9.47 Å². The molecular formula is C12H14ClN3O. The van der Waals surface area contributed by atoms with Crippen molar-refractivity contribution in [3.63, 3.8) is 0 Å². The SMILES string of the molecule is CN1CCCC1n1c(=O)[nH]c2cccc(Cl)c21. The highest BCUT2D eigenvalue weighted by molar-refractivity contribution is 6.34. The number of benzene rings is 1. The minimum Gasteiger partial charge on any atom is -0.305 e. The zero-order valence-electron chi connectivity index (χ0n) is 9.61. The van der Waals surface area contributed by atoms with Crippen molar-refractivity contribution in [2.24, 2.45) is 0 Å². The number of halogens is 1. The third-order valence-electron chi connectivity index (χ3n) is 3.47. The van der Waals surface area contributed by atoms with Gasteiger partial charge in [-0.15, -0.1) is 0 Å². The van der Waals surface area contributed by atoms with Crippen LogP contribution in [0.4, 0.5) is 0 Å². The Labute approximate surface area is 104 Å². The lowest BCUT2D eigenvalue weighted by Gasteiger charge is -2.21. The lowest BCUT2D eigenvalue weighted by atomic mass is 10.3. The smallest absolute Gasteiger partial charge is 0.305 e. The van der Waals surface area contributed by atoms with Crippen molar-refractivity contribution >= 4 is 22.6 Å². The van der Waals surface area contributed by atoms with E-state index in [0.29, 0.717) is 5.02 Å². The number of fused-ring (bicyclic) bond motifs is 1. The van der Waals surface area contributed by atoms with E-state index >= 15 is 0 Å². The number of aromatic nitrogens is 2. The Balaban J connectivity index is 2.28. The van der Waals surface area contributed by atoms with Crippen LogP contribution in [0.15, 0.2) is 23.0 Å². The highest BCUT2D eigenvalue weighted by atomic mass is 35.5. The molecule has 1 unspecified atom stereocenters. The van der Waals surface area contributed by atoms with Gasteiger partial charge >= 0.3 is 5.69 Å². The zero-order valence-corrected chi connectivity index (χ0v) is 10.4. The Morgan fingerprint density at radius 2 is 2.29 bits per heavy atom. The molecule has 0 radical (unpaired) electrons. The molecule has 1 aromatic heterocycles. The Bertz CT molecular complexity index is 616. The summed E-state index contributed by atoms with van der Waals surface area (Å²) < 4.78 is 1.78. The molecule has 1 saturated heterocycles. The molecule has 1 N–H and O–H groups in total. The van der Waals surface area contributed by atoms with E-state index in [-0.39, 0.29) is 11.9 Å². The number of nitrogens with zero attached hydrogens (tertiary/aromatic N) is 2. The van der Waals surface area contributed by atoms with Gasteiger partial charge in [-0.05, 0) is 38.6 Å². The maximum Gasteiger partial charge on any atom is 0.327 e. The van der Waals surface area contributed by atoms with E-state index in [1.165, 1.54) is 0 Å². The average molecular weight is 252 g/mol. The van der Waals surface area contributed by atoms with Crippen LogP contribution in [0.25, 0.3) is 11.0 Å². The summed E-state index contributed by atoms with van der Waals surface area (Å²) in [6.45, 7) is 1.02. The van der Waals surface area contributed by atoms with Crippen LogP contribution in [0.5, 0.6) is 0 Å². The fraction of sp³-hybridized carbons (Fsp3) is 0.417. The van der Waals surface area contributed by atoms with Crippen molar-refractivity contribution in [1.29, 1.82) is 0 Å². The number of H-pyrrole nitrogens is 1. The fourth-order valence-corrected chi connectivity index (χ4v) is 2.91. The molecular weight excluding hydrogens is 238 g/mol. The topological polar surface area (TPSA) is 41.0 Å². The minimum atomic E-state index is -0.0770. The van der Waals surface area contributed by atoms with E-state index in [0.717, 1.165) is 30.4 Å². The molecule has 0 saturated carbocycles. The third-order valence-corrected chi connectivity index (χ3v) is 3.77. The molecule has 0 spiro atoms. The molecule has 0 bridgehead atoms. The number of hydrogen-bond donors (Lipinski definition) is 1. The molecule has 1 aliphatic heterocycles. The van der Waals surface area contributed by atoms with E-state index in [9.17, 15) is 4.79 Å². The first-order valence-corrected chi connectivity index (χ1v) is 6.15. The number of aromatic amines is 1. The van der Waals surface area contributed by atoms with Crippen LogP contribution in [0.3, 0.4) is 0 Å². The zero-order chi connectivity index (χ0) is 12.0. The Morgan fingerprint density at radius 3 is 3.00 bits per heavy atom. The molecule has 2 aromatic rings. The van der Waals surface area contributed by atoms with Gasteiger partial charge in [0.15, 0.2) is 0 Å². The lowest BCUT2D eigenvalue weighted by Crippen LogP contribution is -2.30. The van der Waals surface area contributed by atoms with E-state index in [4.69, 9.17) is 11.6 Å². The van der Waals surface area contributed by atoms with Gasteiger partial charge < -0.3 is 4.98 Å². The molecule has 1 aromatic carbocycles. The molecule has 2 heterocycles. The molecule has 0 amide bonds. The van der Waals surface area contributed by atoms with E-state index < -0.39 is 0 Å². The predicted molar refractivity (Wildman–Crippen MR) is 68.5 cm³/mol. The number of rotatable bonds is 1. The first-order valence-electron chi connectivity index (χ1n) is 5.77. The molecule has 17 heavy (non-hydrogen) atoms. The molecule has 3 rings (SSSR count). The van der Waals surface area contributed by atoms with Crippen LogP contribution in [-0.2, 0) is 0 Å². The van der Waals surface area contributed by atoms with Crippen molar-refractivity contribution in [2.75, 3.05) is 13.6 Å². The van der Waals surface area contributed by atoms with Crippen molar-refractivity contribution in [3.8, 4) is 0 Å². The highest BCUT2D eigenvalue weighted by Crippen LogP contribution is 2.29. The minimum absolute atomic E-state index is 0.0770. The third kappa shape index (κ3) is 1.59. The van der Waals surface area contributed by atoms with Gasteiger partial charge in [-0.25, -0.2) is 4.79 Å². The van der Waals surface area contributed by atoms with Crippen molar-refractivity contribution in [2.45, 2.75) is 19.0 Å². The predicted octanol–water partition coefficient (Wildman–Crippen LogP) is 2.21. The molecule has 1 fully saturated rings. The summed E-state index contributed by atoms with van der Waals surface area (Å²) in [6.07, 6.45) is 2.23. The standard InChI is InChI=1S/C12H14ClN3O/c1-15-7-3-6-10(15)16-11-8(13)4-2-5-9(11)14-12(16)17/h2,4-5,10H,3,6-7H2,1H3,(H,14,17). The average Bonchev–Trinajstić information content (AvgIpc) is 2.82. The second-order valence-electron chi connectivity index (χ2n) is 4.54. The van der Waals surface area contributed by atoms with Crippen molar-refractivity contribution in [1.82, 2.24) is 14.5 Å². The van der Waals surface area contributed by atoms with Crippen LogP contribution in [0.1, 0.15) is 19.0 Å². The summed E-state index contributed by atoms with van der Waals surface area (Å²) in [5.74, 6) is 0. The molecule has 0 aliphatic carbocycles. The van der Waals surface area contributed by atoms with Gasteiger partial charge in [0, 0.05) is 0 Å². The highest BCUT2D eigenvalue weighted by Gasteiger charge is 2.26. The van der Waals surface area contributed by atoms with Crippen LogP contribution in [0.2, 0.25) is 5.02 Å². The number of hydrogen-bond acceptors (Lipinski definition) is 2. The molecule has 1 atom stereocenters. The Hall–Kier alpha value is -1.26. The molecule has 90 valence electrons. The summed E-state index contributed by atoms with van der Waals surface area (Å²) in [7, 11) is 2.04. The first kappa shape index (κ1) is 10.9. The summed E-state index contributed by atoms with van der Waals surface area (Å²) in [5.41, 5.74) is 1.55. The van der Waals surface area contributed by atoms with Gasteiger partial charge in [-0.2, -0.15) is 0 Å². The van der Waals surface area contributed by atoms with Crippen LogP contribution >= 0.6 is 11.6 Å². The van der Waals surface area contributed by atoms with E-state index in [1.54, 1.807) is 4.57 Å². The Kier molecular flexibility index (Phi) is 2.49. The van der Waals surface area contributed by atoms with Crippen molar-refractivity contribution in [3.05, 3.63) is 33.7 Å². The summed E-state index contributed by atoms with van der Waals surface area (Å²) in [6, 6.07) is 5.56. The van der Waals surface area contributed by atoms with Crippen LogP contribution in [-0.4, -0.2) is 28.0 Å². The van der Waals surface area contributed by atoms with Crippen molar-refractivity contribution < 1.29 is 0 Å². The van der Waals surface area contributed by atoms with Crippen LogP contribution in [0, 0.1) is 0 Å². The number of imidazole rings is 1. The molecule has 5 heteroatoms. The van der Waals surface area contributed by atoms with Gasteiger partial charge in [0.2, 0.25) is 0 Å². The quantitative estimate of drug-likeness (QED) is 0.844. The lowest BCUT2D eigenvalue weighted by molar-refractivity contribution is 0.238. The second kappa shape index (κ2) is 3.89. The summed E-state index contributed by atoms with van der Waals surface area (Å²) in [5, 5.41) is 0.626. The summed E-state index contributed by atoms with van der Waals surface area (Å²) >= 11 is 6.20. The van der Waals surface area contributed by atoms with Gasteiger partial charge in [0.25, 0.3) is 0 Å². The largest absolute Gasteiger partial charge is 0.327 e. The molecule has 1 aliphatic rings. The van der Waals surface area contributed by atoms with Gasteiger partial charge in [0.05, 0.1) is 22.2 Å². The number of para-hydroxylation sites is 1. The maximum atomic E-state index is 12.0. The van der Waals surface area contributed by atoms with E-state index in [2.05, 4.69) is 9.88 Å². The monoisotopic (exact) mass is 251 g/mol. The van der Waals surface area contributed by atoms with Crippen LogP contribution < -0.4 is 5.69 Å². The molecule has 4 nitrogen and oxygen atoms in total. The number of likely N-dealkylation sites (tertiary alicyclic amines) is 1. The fourth-order valence-electron chi connectivity index (χ4n) is 2.64. The Morgan fingerprint density at radius 1 is 1.47 bits per heavy atom. The normalized spacial score (nSPS) is 21.4. The van der Waals surface area contributed by atoms with E-state index in [1.807, 2.05) is 25.2 Å². The maximum absolute atomic E-state index is 12.0. The first-order chi connectivity index (χ1) is 8.18. The number of nitrogens with one attached hydrogen (secondary N) is 1. The summed E-state index contributed by atoms with van der Waals surface area (Å²) in [4.78, 5) is 17.1. The second-order valence-corrected chi connectivity index (χ2v) is 4.95. The van der Waals surface area contributed by atoms with Gasteiger partial charge in [0.1, 0.15) is 0 Å². The van der Waals surface area contributed by atoms with Gasteiger partial charge in [-0.1, -0.05) is 17.7 Å².